The van der Waals surface area contributed by atoms with E-state index >= 15 is 0 Å². The van der Waals surface area contributed by atoms with E-state index in [1.165, 1.54) is 6.42 Å². The van der Waals surface area contributed by atoms with Crippen LogP contribution in [0.1, 0.15) is 52.4 Å². The molecule has 1 N–H and O–H groups in total. The normalized spacial score (nSPS) is 50.0. The van der Waals surface area contributed by atoms with Crippen LogP contribution in [0, 0.1) is 34.5 Å². The molecule has 0 amide bonds. The van der Waals surface area contributed by atoms with Crippen molar-refractivity contribution in [2.45, 2.75) is 64.3 Å². The standard InChI is InChI=1S/C24H34O3/c1-4-5-17-14-23(3)16(15-24(17)26-12-13-27-24)6-7-18-19-8-9-21(25)22(19,2)11-10-20(18)23/h4,6,8-9,17-21,25H,1,5,7,10-15H2,2-3H3/t17?,18-,19-,20-,21-,22-,23-/m0/s1. The Morgan fingerprint density at radius 1 is 1.26 bits per heavy atom. The molecule has 3 nitrogen and oxygen atoms in total. The van der Waals surface area contributed by atoms with Gasteiger partial charge in [-0.05, 0) is 55.3 Å². The molecule has 0 bridgehead atoms. The molecule has 0 aromatic heterocycles. The summed E-state index contributed by atoms with van der Waals surface area (Å²) in [7, 11) is 0. The quantitative estimate of drug-likeness (QED) is 0.720. The van der Waals surface area contributed by atoms with Crippen molar-refractivity contribution in [3.05, 3.63) is 36.5 Å². The summed E-state index contributed by atoms with van der Waals surface area (Å²) in [6, 6.07) is 0. The average Bonchev–Trinajstić information content (AvgIpc) is 3.22. The predicted octanol–water partition coefficient (Wildman–Crippen LogP) is 4.63. The molecule has 1 unspecified atom stereocenters. The number of hydrogen-bond donors (Lipinski definition) is 1. The van der Waals surface area contributed by atoms with E-state index in [2.05, 4.69) is 38.7 Å². The summed E-state index contributed by atoms with van der Waals surface area (Å²) in [4.78, 5) is 0. The van der Waals surface area contributed by atoms with E-state index in [0.717, 1.165) is 32.1 Å². The van der Waals surface area contributed by atoms with Crippen LogP contribution in [-0.4, -0.2) is 30.2 Å². The highest BCUT2D eigenvalue weighted by Gasteiger charge is 2.61. The first-order valence-electron chi connectivity index (χ1n) is 10.9. The lowest BCUT2D eigenvalue weighted by Crippen LogP contribution is -2.55. The fourth-order valence-corrected chi connectivity index (χ4v) is 7.50. The molecule has 1 saturated heterocycles. The molecule has 5 aliphatic rings. The zero-order valence-corrected chi connectivity index (χ0v) is 16.8. The molecule has 148 valence electrons. The first kappa shape index (κ1) is 18.1. The molecule has 1 heterocycles. The summed E-state index contributed by atoms with van der Waals surface area (Å²) in [6.45, 7) is 10.3. The number of ether oxygens (including phenoxy) is 2. The van der Waals surface area contributed by atoms with Gasteiger partial charge in [-0.15, -0.1) is 6.58 Å². The van der Waals surface area contributed by atoms with Crippen LogP contribution in [0.5, 0.6) is 0 Å². The molecule has 0 aromatic rings. The van der Waals surface area contributed by atoms with Gasteiger partial charge in [0.1, 0.15) is 0 Å². The Labute approximate surface area is 163 Å². The van der Waals surface area contributed by atoms with Crippen LogP contribution in [-0.2, 0) is 9.47 Å². The molecular formula is C24H34O3. The van der Waals surface area contributed by atoms with Gasteiger partial charge in [-0.3, -0.25) is 0 Å². The smallest absolute Gasteiger partial charge is 0.175 e. The summed E-state index contributed by atoms with van der Waals surface area (Å²) < 4.78 is 12.4. The van der Waals surface area contributed by atoms with Crippen LogP contribution >= 0.6 is 0 Å². The summed E-state index contributed by atoms with van der Waals surface area (Å²) in [5, 5.41) is 10.6. The Morgan fingerprint density at radius 2 is 2.04 bits per heavy atom. The molecule has 0 aromatic carbocycles. The van der Waals surface area contributed by atoms with Gasteiger partial charge in [0.15, 0.2) is 5.79 Å². The number of rotatable bonds is 2. The molecule has 4 aliphatic carbocycles. The average molecular weight is 371 g/mol. The van der Waals surface area contributed by atoms with Gasteiger partial charge in [-0.1, -0.05) is 43.7 Å². The zero-order chi connectivity index (χ0) is 18.9. The van der Waals surface area contributed by atoms with Crippen molar-refractivity contribution in [3.63, 3.8) is 0 Å². The van der Waals surface area contributed by atoms with Gasteiger partial charge >= 0.3 is 0 Å². The van der Waals surface area contributed by atoms with Crippen molar-refractivity contribution in [1.29, 1.82) is 0 Å². The Bertz CT molecular complexity index is 688. The van der Waals surface area contributed by atoms with Gasteiger partial charge in [-0.25, -0.2) is 0 Å². The molecule has 7 atom stereocenters. The van der Waals surface area contributed by atoms with Crippen LogP contribution in [0.25, 0.3) is 0 Å². The Kier molecular flexibility index (Phi) is 4.06. The Hall–Kier alpha value is -0.900. The van der Waals surface area contributed by atoms with E-state index < -0.39 is 5.79 Å². The van der Waals surface area contributed by atoms with Gasteiger partial charge in [-0.2, -0.15) is 0 Å². The van der Waals surface area contributed by atoms with Crippen LogP contribution in [0.3, 0.4) is 0 Å². The zero-order valence-electron chi connectivity index (χ0n) is 16.8. The number of aliphatic hydroxyl groups excluding tert-OH is 1. The molecule has 2 saturated carbocycles. The van der Waals surface area contributed by atoms with E-state index in [1.807, 2.05) is 6.08 Å². The minimum Gasteiger partial charge on any atom is -0.388 e. The molecule has 5 rings (SSSR count). The van der Waals surface area contributed by atoms with E-state index in [1.54, 1.807) is 5.57 Å². The SMILES string of the molecule is C=CCC1C[C@@]2(C)C(=CC[C@H]3[C@@H]4C=C[C@H](O)[C@@]4(C)CC[C@@H]32)CC12OCCO2. The van der Waals surface area contributed by atoms with Crippen LogP contribution in [0.4, 0.5) is 0 Å². The lowest BCUT2D eigenvalue weighted by Gasteiger charge is -2.60. The minimum absolute atomic E-state index is 0.0386. The molecule has 27 heavy (non-hydrogen) atoms. The molecule has 0 radical (unpaired) electrons. The topological polar surface area (TPSA) is 38.7 Å². The summed E-state index contributed by atoms with van der Waals surface area (Å²) in [5.74, 6) is 1.82. The maximum atomic E-state index is 10.6. The largest absolute Gasteiger partial charge is 0.388 e. The van der Waals surface area contributed by atoms with Crippen molar-refractivity contribution in [2.75, 3.05) is 13.2 Å². The van der Waals surface area contributed by atoms with Crippen molar-refractivity contribution in [3.8, 4) is 0 Å². The maximum Gasteiger partial charge on any atom is 0.175 e. The fraction of sp³-hybridized carbons (Fsp3) is 0.750. The van der Waals surface area contributed by atoms with E-state index in [-0.39, 0.29) is 16.9 Å². The predicted molar refractivity (Wildman–Crippen MR) is 106 cm³/mol. The third kappa shape index (κ3) is 2.37. The second-order valence-electron chi connectivity index (χ2n) is 10.2. The highest BCUT2D eigenvalue weighted by molar-refractivity contribution is 5.30. The molecular weight excluding hydrogens is 336 g/mol. The third-order valence-electron chi connectivity index (χ3n) is 9.05. The van der Waals surface area contributed by atoms with Crippen LogP contribution < -0.4 is 0 Å². The second-order valence-corrected chi connectivity index (χ2v) is 10.2. The minimum atomic E-state index is -0.418. The summed E-state index contributed by atoms with van der Waals surface area (Å²) in [5.41, 5.74) is 1.83. The number of allylic oxidation sites excluding steroid dienone is 3. The Balaban J connectivity index is 1.50. The van der Waals surface area contributed by atoms with Gasteiger partial charge in [0, 0.05) is 17.8 Å². The lowest BCUT2D eigenvalue weighted by atomic mass is 9.46. The molecule has 3 fully saturated rings. The molecule has 1 aliphatic heterocycles. The molecule has 3 heteroatoms. The maximum absolute atomic E-state index is 10.6. The van der Waals surface area contributed by atoms with Crippen molar-refractivity contribution in [2.24, 2.45) is 34.5 Å². The number of aliphatic hydroxyl groups is 1. The highest BCUT2D eigenvalue weighted by Crippen LogP contribution is 2.65. The highest BCUT2D eigenvalue weighted by atomic mass is 16.7. The van der Waals surface area contributed by atoms with Crippen molar-refractivity contribution in [1.82, 2.24) is 0 Å². The van der Waals surface area contributed by atoms with Crippen LogP contribution in [0.15, 0.2) is 36.5 Å². The van der Waals surface area contributed by atoms with Gasteiger partial charge in [0.25, 0.3) is 0 Å². The van der Waals surface area contributed by atoms with Crippen molar-refractivity contribution < 1.29 is 14.6 Å². The monoisotopic (exact) mass is 370 g/mol. The first-order chi connectivity index (χ1) is 12.9. The van der Waals surface area contributed by atoms with Gasteiger partial charge < -0.3 is 14.6 Å². The first-order valence-corrected chi connectivity index (χ1v) is 10.9. The summed E-state index contributed by atoms with van der Waals surface area (Å²) >= 11 is 0. The molecule has 1 spiro atoms. The third-order valence-corrected chi connectivity index (χ3v) is 9.05. The van der Waals surface area contributed by atoms with E-state index in [4.69, 9.17) is 9.47 Å². The lowest BCUT2D eigenvalue weighted by molar-refractivity contribution is -0.220. The Morgan fingerprint density at radius 3 is 2.78 bits per heavy atom. The number of fused-ring (bicyclic) bond motifs is 5. The van der Waals surface area contributed by atoms with Gasteiger partial charge in [0.05, 0.1) is 19.3 Å². The van der Waals surface area contributed by atoms with Gasteiger partial charge in [0.2, 0.25) is 0 Å². The number of hydrogen-bond acceptors (Lipinski definition) is 3. The van der Waals surface area contributed by atoms with Crippen molar-refractivity contribution >= 4 is 0 Å². The van der Waals surface area contributed by atoms with Crippen LogP contribution in [0.2, 0.25) is 0 Å². The van der Waals surface area contributed by atoms with E-state index in [0.29, 0.717) is 36.9 Å². The van der Waals surface area contributed by atoms with E-state index in [9.17, 15) is 5.11 Å². The second kappa shape index (κ2) is 6.05. The fourth-order valence-electron chi connectivity index (χ4n) is 7.50. The summed E-state index contributed by atoms with van der Waals surface area (Å²) in [6.07, 6.45) is 15.2.